The van der Waals surface area contributed by atoms with E-state index < -0.39 is 5.97 Å². The van der Waals surface area contributed by atoms with Crippen molar-refractivity contribution in [1.29, 1.82) is 0 Å². The molecular weight excluding hydrogens is 218 g/mol. The summed E-state index contributed by atoms with van der Waals surface area (Å²) in [6.07, 6.45) is 1.76. The lowest BCUT2D eigenvalue weighted by atomic mass is 10.2. The van der Waals surface area contributed by atoms with Crippen molar-refractivity contribution in [3.8, 4) is 0 Å². The Morgan fingerprint density at radius 2 is 2.06 bits per heavy atom. The van der Waals surface area contributed by atoms with Crippen LogP contribution in [0, 0.1) is 0 Å². The maximum absolute atomic E-state index is 10.5. The minimum atomic E-state index is -0.843. The fourth-order valence-electron chi connectivity index (χ4n) is 1.93. The summed E-state index contributed by atoms with van der Waals surface area (Å²) in [6, 6.07) is 3.75. The van der Waals surface area contributed by atoms with Crippen LogP contribution in [0.1, 0.15) is 5.69 Å². The second-order valence-electron chi connectivity index (χ2n) is 4.37. The third-order valence-corrected chi connectivity index (χ3v) is 3.01. The third kappa shape index (κ3) is 3.17. The van der Waals surface area contributed by atoms with E-state index in [4.69, 9.17) is 5.11 Å². The maximum Gasteiger partial charge on any atom is 0.309 e. The highest BCUT2D eigenvalue weighted by Crippen LogP contribution is 2.15. The first kappa shape index (κ1) is 11.9. The first-order chi connectivity index (χ1) is 8.15. The number of likely N-dealkylation sites (N-methyl/N-ethyl adjacent to an activating group) is 1. The van der Waals surface area contributed by atoms with Crippen molar-refractivity contribution in [2.45, 2.75) is 6.42 Å². The molecular formula is C12H17N3O2. The zero-order valence-corrected chi connectivity index (χ0v) is 9.96. The van der Waals surface area contributed by atoms with Crippen LogP contribution in [-0.4, -0.2) is 54.2 Å². The summed E-state index contributed by atoms with van der Waals surface area (Å²) in [5.41, 5.74) is 1.68. The minimum Gasteiger partial charge on any atom is -0.481 e. The Labute approximate surface area is 101 Å². The van der Waals surface area contributed by atoms with Gasteiger partial charge in [0.15, 0.2) is 0 Å². The van der Waals surface area contributed by atoms with E-state index in [0.717, 1.165) is 31.9 Å². The molecule has 1 aliphatic rings. The first-order valence-electron chi connectivity index (χ1n) is 5.75. The van der Waals surface area contributed by atoms with Crippen molar-refractivity contribution in [1.82, 2.24) is 9.88 Å². The number of hydrogen-bond acceptors (Lipinski definition) is 4. The van der Waals surface area contributed by atoms with E-state index in [1.165, 1.54) is 0 Å². The lowest BCUT2D eigenvalue weighted by Gasteiger charge is -2.33. The van der Waals surface area contributed by atoms with Crippen LogP contribution in [0.2, 0.25) is 0 Å². The minimum absolute atomic E-state index is 0.0109. The van der Waals surface area contributed by atoms with Crippen molar-refractivity contribution in [2.75, 3.05) is 38.1 Å². The highest BCUT2D eigenvalue weighted by Gasteiger charge is 2.14. The number of hydrogen-bond donors (Lipinski definition) is 1. The van der Waals surface area contributed by atoms with Crippen molar-refractivity contribution in [2.24, 2.45) is 0 Å². The summed E-state index contributed by atoms with van der Waals surface area (Å²) in [5, 5.41) is 8.66. The van der Waals surface area contributed by atoms with Gasteiger partial charge in [-0.05, 0) is 19.2 Å². The van der Waals surface area contributed by atoms with Crippen LogP contribution in [-0.2, 0) is 11.2 Å². The Morgan fingerprint density at radius 1 is 1.35 bits per heavy atom. The number of aliphatic carboxylic acids is 1. The smallest absolute Gasteiger partial charge is 0.309 e. The van der Waals surface area contributed by atoms with E-state index in [0.29, 0.717) is 5.69 Å². The number of rotatable bonds is 3. The topological polar surface area (TPSA) is 56.7 Å². The lowest BCUT2D eigenvalue weighted by molar-refractivity contribution is -0.136. The molecule has 92 valence electrons. The van der Waals surface area contributed by atoms with Gasteiger partial charge in [0, 0.05) is 26.2 Å². The number of carbonyl (C=O) groups is 1. The highest BCUT2D eigenvalue weighted by molar-refractivity contribution is 5.69. The zero-order chi connectivity index (χ0) is 12.3. The summed E-state index contributed by atoms with van der Waals surface area (Å²) in [5.74, 6) is -0.843. The van der Waals surface area contributed by atoms with Gasteiger partial charge < -0.3 is 14.9 Å². The summed E-state index contributed by atoms with van der Waals surface area (Å²) >= 11 is 0. The molecule has 1 aliphatic heterocycles. The average molecular weight is 235 g/mol. The summed E-state index contributed by atoms with van der Waals surface area (Å²) in [4.78, 5) is 19.3. The molecule has 0 radical (unpaired) electrons. The molecule has 17 heavy (non-hydrogen) atoms. The van der Waals surface area contributed by atoms with Crippen molar-refractivity contribution in [3.05, 3.63) is 24.0 Å². The normalized spacial score (nSPS) is 17.1. The van der Waals surface area contributed by atoms with Gasteiger partial charge in [0.2, 0.25) is 0 Å². The zero-order valence-electron chi connectivity index (χ0n) is 9.96. The van der Waals surface area contributed by atoms with E-state index in [2.05, 4.69) is 21.8 Å². The van der Waals surface area contributed by atoms with Crippen LogP contribution in [0.4, 0.5) is 5.69 Å². The summed E-state index contributed by atoms with van der Waals surface area (Å²) in [6.45, 7) is 4.10. The largest absolute Gasteiger partial charge is 0.481 e. The van der Waals surface area contributed by atoms with Gasteiger partial charge in [-0.1, -0.05) is 0 Å². The van der Waals surface area contributed by atoms with E-state index in [9.17, 15) is 4.79 Å². The fourth-order valence-corrected chi connectivity index (χ4v) is 1.93. The third-order valence-electron chi connectivity index (χ3n) is 3.01. The monoisotopic (exact) mass is 235 g/mol. The molecule has 0 aromatic carbocycles. The molecule has 0 spiro atoms. The van der Waals surface area contributed by atoms with Gasteiger partial charge in [-0.25, -0.2) is 0 Å². The van der Waals surface area contributed by atoms with Crippen LogP contribution < -0.4 is 4.90 Å². The molecule has 2 heterocycles. The Kier molecular flexibility index (Phi) is 3.58. The number of piperazine rings is 1. The van der Waals surface area contributed by atoms with Gasteiger partial charge >= 0.3 is 5.97 Å². The number of carboxylic acid groups (broad SMARTS) is 1. The lowest BCUT2D eigenvalue weighted by Crippen LogP contribution is -2.44. The summed E-state index contributed by atoms with van der Waals surface area (Å²) in [7, 11) is 2.12. The fraction of sp³-hybridized carbons (Fsp3) is 0.500. The van der Waals surface area contributed by atoms with Crippen LogP contribution in [0.5, 0.6) is 0 Å². The number of carboxylic acids is 1. The molecule has 1 fully saturated rings. The number of nitrogens with zero attached hydrogens (tertiary/aromatic N) is 3. The molecule has 0 saturated carbocycles. The predicted octanol–water partition coefficient (Wildman–Crippen LogP) is 0.460. The average Bonchev–Trinajstić information content (AvgIpc) is 2.30. The van der Waals surface area contributed by atoms with Crippen LogP contribution >= 0.6 is 0 Å². The molecule has 0 unspecified atom stereocenters. The second-order valence-corrected chi connectivity index (χ2v) is 4.37. The van der Waals surface area contributed by atoms with Crippen molar-refractivity contribution < 1.29 is 9.90 Å². The molecule has 0 atom stereocenters. The molecule has 1 N–H and O–H groups in total. The quantitative estimate of drug-likeness (QED) is 0.825. The summed E-state index contributed by atoms with van der Waals surface area (Å²) < 4.78 is 0. The molecule has 1 aromatic heterocycles. The van der Waals surface area contributed by atoms with Gasteiger partial charge in [-0.2, -0.15) is 0 Å². The number of aromatic nitrogens is 1. The van der Waals surface area contributed by atoms with Crippen LogP contribution in [0.25, 0.3) is 0 Å². The van der Waals surface area contributed by atoms with Gasteiger partial charge in [0.1, 0.15) is 0 Å². The molecule has 2 rings (SSSR count). The van der Waals surface area contributed by atoms with E-state index >= 15 is 0 Å². The molecule has 0 amide bonds. The molecule has 5 nitrogen and oxygen atoms in total. The van der Waals surface area contributed by atoms with E-state index in [1.54, 1.807) is 12.3 Å². The molecule has 1 aromatic rings. The van der Waals surface area contributed by atoms with Gasteiger partial charge in [0.25, 0.3) is 0 Å². The van der Waals surface area contributed by atoms with Gasteiger partial charge in [-0.3, -0.25) is 9.78 Å². The molecule has 5 heteroatoms. The van der Waals surface area contributed by atoms with Gasteiger partial charge in [-0.15, -0.1) is 0 Å². The predicted molar refractivity (Wildman–Crippen MR) is 65.3 cm³/mol. The molecule has 0 bridgehead atoms. The molecule has 1 saturated heterocycles. The SMILES string of the molecule is CN1CCN(c2ccc(CC(=O)O)nc2)CC1. The standard InChI is InChI=1S/C12H17N3O2/c1-14-4-6-15(7-5-14)11-3-2-10(13-9-11)8-12(16)17/h2-3,9H,4-8H2,1H3,(H,16,17). The first-order valence-corrected chi connectivity index (χ1v) is 5.75. The maximum atomic E-state index is 10.5. The number of anilines is 1. The Bertz CT molecular complexity index is 383. The Morgan fingerprint density at radius 3 is 2.59 bits per heavy atom. The second kappa shape index (κ2) is 5.14. The van der Waals surface area contributed by atoms with Crippen LogP contribution in [0.15, 0.2) is 18.3 Å². The molecule has 0 aliphatic carbocycles. The van der Waals surface area contributed by atoms with Gasteiger partial charge in [0.05, 0.1) is 24.0 Å². The highest BCUT2D eigenvalue weighted by atomic mass is 16.4. The van der Waals surface area contributed by atoms with Crippen molar-refractivity contribution in [3.63, 3.8) is 0 Å². The Hall–Kier alpha value is -1.62. The van der Waals surface area contributed by atoms with E-state index in [1.807, 2.05) is 6.07 Å². The van der Waals surface area contributed by atoms with Crippen LogP contribution in [0.3, 0.4) is 0 Å². The van der Waals surface area contributed by atoms with Crippen molar-refractivity contribution >= 4 is 11.7 Å². The number of pyridine rings is 1. The Balaban J connectivity index is 2.00. The van der Waals surface area contributed by atoms with E-state index in [-0.39, 0.29) is 6.42 Å².